The van der Waals surface area contributed by atoms with Gasteiger partial charge in [0.1, 0.15) is 16.2 Å². The standard InChI is InChI=1S/C25H30FN3O6S/c1-16(2)14-29(27-13-17-7-10-20(26)21(11-17)33-6)24-19-9-8-18(12-22(19)36(31,32)28-24)34-15-23(30)35-25(3,4)5/h7-13,16H,14-15H2,1-6H3/b27-13+. The van der Waals surface area contributed by atoms with Crippen molar-refractivity contribution in [3.8, 4) is 11.5 Å². The van der Waals surface area contributed by atoms with Crippen molar-refractivity contribution in [1.82, 2.24) is 5.01 Å². The lowest BCUT2D eigenvalue weighted by Gasteiger charge is -2.21. The van der Waals surface area contributed by atoms with Crippen molar-refractivity contribution in [3.05, 3.63) is 53.3 Å². The van der Waals surface area contributed by atoms with Crippen molar-refractivity contribution in [2.45, 2.75) is 45.1 Å². The van der Waals surface area contributed by atoms with E-state index in [-0.39, 0.29) is 34.8 Å². The van der Waals surface area contributed by atoms with Gasteiger partial charge < -0.3 is 14.2 Å². The number of sulfonamides is 1. The van der Waals surface area contributed by atoms with E-state index in [1.807, 2.05) is 13.8 Å². The normalized spacial score (nSPS) is 14.5. The summed E-state index contributed by atoms with van der Waals surface area (Å²) in [5.74, 6) is -0.536. The number of amidine groups is 1. The largest absolute Gasteiger partial charge is 0.494 e. The van der Waals surface area contributed by atoms with Crippen LogP contribution in [0.15, 0.2) is 50.8 Å². The van der Waals surface area contributed by atoms with Crippen molar-refractivity contribution >= 4 is 28.0 Å². The minimum Gasteiger partial charge on any atom is -0.494 e. The van der Waals surface area contributed by atoms with Gasteiger partial charge in [-0.3, -0.25) is 0 Å². The molecule has 0 atom stereocenters. The highest BCUT2D eigenvalue weighted by Gasteiger charge is 2.33. The molecule has 3 rings (SSSR count). The van der Waals surface area contributed by atoms with Crippen molar-refractivity contribution in [3.63, 3.8) is 0 Å². The van der Waals surface area contributed by atoms with E-state index in [4.69, 9.17) is 14.2 Å². The lowest BCUT2D eigenvalue weighted by Crippen LogP contribution is -2.29. The van der Waals surface area contributed by atoms with Crippen LogP contribution in [-0.2, 0) is 19.6 Å². The zero-order valence-electron chi connectivity index (χ0n) is 21.1. The molecule has 0 saturated heterocycles. The van der Waals surface area contributed by atoms with Crippen LogP contribution in [0.3, 0.4) is 0 Å². The Hall–Kier alpha value is -3.47. The van der Waals surface area contributed by atoms with E-state index in [0.717, 1.165) is 0 Å². The summed E-state index contributed by atoms with van der Waals surface area (Å²) >= 11 is 0. The molecule has 1 aliphatic rings. The molecule has 11 heteroatoms. The number of halogens is 1. The van der Waals surface area contributed by atoms with Gasteiger partial charge in [-0.2, -0.15) is 13.5 Å². The van der Waals surface area contributed by atoms with Crippen LogP contribution in [0.5, 0.6) is 11.5 Å². The summed E-state index contributed by atoms with van der Waals surface area (Å²) in [6.45, 7) is 9.15. The van der Waals surface area contributed by atoms with Crippen LogP contribution in [0.2, 0.25) is 0 Å². The van der Waals surface area contributed by atoms with E-state index in [1.54, 1.807) is 32.9 Å². The lowest BCUT2D eigenvalue weighted by atomic mass is 10.1. The number of hydrogen-bond acceptors (Lipinski definition) is 8. The average molecular weight is 520 g/mol. The molecule has 194 valence electrons. The molecule has 9 nitrogen and oxygen atoms in total. The first-order valence-corrected chi connectivity index (χ1v) is 12.7. The number of carbonyl (C=O) groups excluding carboxylic acids is 1. The van der Waals surface area contributed by atoms with Crippen LogP contribution < -0.4 is 9.47 Å². The van der Waals surface area contributed by atoms with Crippen molar-refractivity contribution < 1.29 is 31.8 Å². The molecule has 1 aliphatic heterocycles. The average Bonchev–Trinajstić information content (AvgIpc) is 3.05. The number of hydrogen-bond donors (Lipinski definition) is 0. The van der Waals surface area contributed by atoms with Crippen molar-refractivity contribution in [2.24, 2.45) is 15.4 Å². The number of benzene rings is 2. The van der Waals surface area contributed by atoms with Crippen LogP contribution >= 0.6 is 0 Å². The van der Waals surface area contributed by atoms with Gasteiger partial charge in [-0.15, -0.1) is 4.40 Å². The molecule has 0 radical (unpaired) electrons. The number of esters is 1. The minimum absolute atomic E-state index is 0.0494. The topological polar surface area (TPSA) is 107 Å². The van der Waals surface area contributed by atoms with Crippen LogP contribution in [0, 0.1) is 11.7 Å². The molecule has 36 heavy (non-hydrogen) atoms. The zero-order valence-corrected chi connectivity index (χ0v) is 21.9. The maximum Gasteiger partial charge on any atom is 0.344 e. The van der Waals surface area contributed by atoms with Crippen LogP contribution in [-0.4, -0.2) is 57.3 Å². The Morgan fingerprint density at radius 1 is 1.19 bits per heavy atom. The minimum atomic E-state index is -4.02. The number of rotatable bonds is 8. The molecule has 0 aromatic heterocycles. The van der Waals surface area contributed by atoms with Gasteiger partial charge in [0.2, 0.25) is 0 Å². The SMILES string of the molecule is COc1cc(/C=N/N(CC(C)C)C2=NS(=O)(=O)c3cc(OCC(=O)OC(C)(C)C)ccc32)ccc1F. The molecule has 1 heterocycles. The van der Waals surface area contributed by atoms with Gasteiger partial charge in [0.05, 0.1) is 13.3 Å². The highest BCUT2D eigenvalue weighted by atomic mass is 32.2. The molecule has 2 aromatic rings. The summed E-state index contributed by atoms with van der Waals surface area (Å²) in [6, 6.07) is 8.73. The number of methoxy groups -OCH3 is 1. The fourth-order valence-corrected chi connectivity index (χ4v) is 4.55. The Morgan fingerprint density at radius 3 is 2.56 bits per heavy atom. The molecular formula is C25H30FN3O6S. The van der Waals surface area contributed by atoms with Gasteiger partial charge in [0.15, 0.2) is 24.0 Å². The molecule has 0 saturated carbocycles. The van der Waals surface area contributed by atoms with Crippen molar-refractivity contribution in [2.75, 3.05) is 20.3 Å². The molecule has 0 bridgehead atoms. The summed E-state index contributed by atoms with van der Waals surface area (Å²) in [4.78, 5) is 11.9. The molecule has 0 unspecified atom stereocenters. The summed E-state index contributed by atoms with van der Waals surface area (Å²) < 4.78 is 59.1. The second-order valence-corrected chi connectivity index (χ2v) is 11.1. The molecule has 0 aliphatic carbocycles. The predicted octanol–water partition coefficient (Wildman–Crippen LogP) is 4.00. The Morgan fingerprint density at radius 2 is 1.92 bits per heavy atom. The first-order chi connectivity index (χ1) is 16.8. The third-order valence-electron chi connectivity index (χ3n) is 4.76. The summed E-state index contributed by atoms with van der Waals surface area (Å²) in [6.07, 6.45) is 1.48. The lowest BCUT2D eigenvalue weighted by molar-refractivity contribution is -0.157. The quantitative estimate of drug-likeness (QED) is 0.295. The van der Waals surface area contributed by atoms with E-state index < -0.39 is 27.4 Å². The maximum atomic E-state index is 13.7. The summed E-state index contributed by atoms with van der Waals surface area (Å²) in [5.41, 5.74) is 0.257. The number of ether oxygens (including phenoxy) is 3. The van der Waals surface area contributed by atoms with E-state index in [1.165, 1.54) is 42.6 Å². The molecule has 0 fully saturated rings. The second-order valence-electron chi connectivity index (χ2n) is 9.54. The van der Waals surface area contributed by atoms with Gasteiger partial charge in [-0.25, -0.2) is 14.2 Å². The third kappa shape index (κ3) is 6.81. The highest BCUT2D eigenvalue weighted by molar-refractivity contribution is 7.90. The predicted molar refractivity (Wildman–Crippen MR) is 134 cm³/mol. The molecule has 2 aromatic carbocycles. The Kier molecular flexibility index (Phi) is 8.02. The van der Waals surface area contributed by atoms with E-state index in [2.05, 4.69) is 9.50 Å². The molecule has 0 N–H and O–H groups in total. The number of nitrogens with zero attached hydrogens (tertiary/aromatic N) is 3. The highest BCUT2D eigenvalue weighted by Crippen LogP contribution is 2.31. The fraction of sp³-hybridized carbons (Fsp3) is 0.400. The number of hydrazone groups is 1. The monoisotopic (exact) mass is 519 g/mol. The van der Waals surface area contributed by atoms with Crippen molar-refractivity contribution in [1.29, 1.82) is 0 Å². The van der Waals surface area contributed by atoms with Gasteiger partial charge in [-0.05, 0) is 56.5 Å². The van der Waals surface area contributed by atoms with Crippen LogP contribution in [0.25, 0.3) is 0 Å². The smallest absolute Gasteiger partial charge is 0.344 e. The van der Waals surface area contributed by atoms with Crippen LogP contribution in [0.1, 0.15) is 45.7 Å². The maximum absolute atomic E-state index is 13.7. The first-order valence-electron chi connectivity index (χ1n) is 11.3. The van der Waals surface area contributed by atoms with Gasteiger partial charge >= 0.3 is 5.97 Å². The fourth-order valence-electron chi connectivity index (χ4n) is 3.33. The van der Waals surface area contributed by atoms with Crippen LogP contribution in [0.4, 0.5) is 4.39 Å². The molecular weight excluding hydrogens is 489 g/mol. The number of fused-ring (bicyclic) bond motifs is 1. The van der Waals surface area contributed by atoms with E-state index in [0.29, 0.717) is 17.7 Å². The Labute approximate surface area is 210 Å². The first kappa shape index (κ1) is 27.1. The summed E-state index contributed by atoms with van der Waals surface area (Å²) in [5, 5.41) is 5.94. The second kappa shape index (κ2) is 10.7. The Balaban J connectivity index is 1.87. The molecule has 0 spiro atoms. The Bertz CT molecular complexity index is 1300. The number of carbonyl (C=O) groups is 1. The van der Waals surface area contributed by atoms with Gasteiger partial charge in [0, 0.05) is 18.2 Å². The third-order valence-corrected chi connectivity index (χ3v) is 6.07. The molecule has 0 amide bonds. The van der Waals surface area contributed by atoms with E-state index in [9.17, 15) is 17.6 Å². The van der Waals surface area contributed by atoms with Gasteiger partial charge in [0.25, 0.3) is 10.0 Å². The van der Waals surface area contributed by atoms with E-state index >= 15 is 0 Å². The summed E-state index contributed by atoms with van der Waals surface area (Å²) in [7, 11) is -2.65. The van der Waals surface area contributed by atoms with Gasteiger partial charge in [-0.1, -0.05) is 19.9 Å². The zero-order chi connectivity index (χ0) is 26.7.